The maximum atomic E-state index is 11.8. The average Bonchev–Trinajstić information content (AvgIpc) is 2.46. The van der Waals surface area contributed by atoms with Gasteiger partial charge in [-0.15, -0.1) is 0 Å². The molecule has 0 aromatic carbocycles. The lowest BCUT2D eigenvalue weighted by Gasteiger charge is -2.08. The molecule has 0 spiro atoms. The number of aryl methyl sites for hydroxylation is 2. The largest absolute Gasteiger partial charge is 0.390 e. The molecule has 0 saturated carbocycles. The lowest BCUT2D eigenvalue weighted by molar-refractivity contribution is -0.136. The van der Waals surface area contributed by atoms with Gasteiger partial charge in [0.2, 0.25) is 0 Å². The minimum Gasteiger partial charge on any atom is -0.335 e. The van der Waals surface area contributed by atoms with Crippen molar-refractivity contribution < 1.29 is 13.2 Å². The van der Waals surface area contributed by atoms with Crippen molar-refractivity contribution in [1.29, 1.82) is 0 Å². The fourth-order valence-corrected chi connectivity index (χ4v) is 1.11. The quantitative estimate of drug-likeness (QED) is 0.719. The fourth-order valence-electron chi connectivity index (χ4n) is 1.11. The van der Waals surface area contributed by atoms with Crippen molar-refractivity contribution in [3.8, 4) is 0 Å². The Morgan fingerprint density at radius 3 is 2.69 bits per heavy atom. The Morgan fingerprint density at radius 2 is 2.15 bits per heavy atom. The second kappa shape index (κ2) is 3.81. The van der Waals surface area contributed by atoms with Crippen LogP contribution in [0.1, 0.15) is 19.2 Å². The number of aromatic nitrogens is 2. The van der Waals surface area contributed by atoms with Crippen LogP contribution in [0.4, 0.5) is 13.2 Å². The smallest absolute Gasteiger partial charge is 0.335 e. The first-order chi connectivity index (χ1) is 6.03. The van der Waals surface area contributed by atoms with E-state index in [-0.39, 0.29) is 6.54 Å². The zero-order valence-corrected chi connectivity index (χ0v) is 7.30. The Kier molecular flexibility index (Phi) is 2.95. The van der Waals surface area contributed by atoms with E-state index < -0.39 is 12.6 Å². The lowest BCUT2D eigenvalue weighted by Crippen LogP contribution is -2.13. The predicted octanol–water partition coefficient (Wildman–Crippen LogP) is 2.40. The normalized spacial score (nSPS) is 12.0. The molecule has 0 unspecified atom stereocenters. The van der Waals surface area contributed by atoms with Gasteiger partial charge in [0.05, 0.1) is 6.42 Å². The molecule has 0 N–H and O–H groups in total. The van der Waals surface area contributed by atoms with Crippen LogP contribution in [0.5, 0.6) is 0 Å². The van der Waals surface area contributed by atoms with Crippen LogP contribution >= 0.6 is 0 Å². The zero-order valence-electron chi connectivity index (χ0n) is 7.30. The van der Waals surface area contributed by atoms with Crippen LogP contribution in [0.2, 0.25) is 0 Å². The van der Waals surface area contributed by atoms with Crippen LogP contribution in [0, 0.1) is 0 Å². The number of imidazole rings is 1. The van der Waals surface area contributed by atoms with Gasteiger partial charge in [-0.05, 0) is 0 Å². The van der Waals surface area contributed by atoms with E-state index in [0.29, 0.717) is 12.2 Å². The molecule has 1 aromatic rings. The van der Waals surface area contributed by atoms with Crippen molar-refractivity contribution in [1.82, 2.24) is 9.55 Å². The molecule has 13 heavy (non-hydrogen) atoms. The summed E-state index contributed by atoms with van der Waals surface area (Å²) in [6.07, 6.45) is -1.13. The highest BCUT2D eigenvalue weighted by Crippen LogP contribution is 2.20. The fraction of sp³-hybridized carbons (Fsp3) is 0.625. The minimum absolute atomic E-state index is 0.0350. The van der Waals surface area contributed by atoms with E-state index in [1.54, 1.807) is 6.20 Å². The summed E-state index contributed by atoms with van der Waals surface area (Å²) in [6.45, 7) is 1.83. The SMILES string of the molecule is CCc1nccn1CCC(F)(F)F. The van der Waals surface area contributed by atoms with Crippen molar-refractivity contribution in [3.63, 3.8) is 0 Å². The van der Waals surface area contributed by atoms with Crippen molar-refractivity contribution >= 4 is 0 Å². The Balaban J connectivity index is 2.54. The van der Waals surface area contributed by atoms with Gasteiger partial charge in [0.15, 0.2) is 0 Å². The summed E-state index contributed by atoms with van der Waals surface area (Å²) in [5, 5.41) is 0. The standard InChI is InChI=1S/C8H11F3N2/c1-2-7-12-4-6-13(7)5-3-8(9,10)11/h4,6H,2-3,5H2,1H3. The molecular weight excluding hydrogens is 181 g/mol. The lowest BCUT2D eigenvalue weighted by atomic mass is 10.4. The summed E-state index contributed by atoms with van der Waals surface area (Å²) in [7, 11) is 0. The Morgan fingerprint density at radius 1 is 1.46 bits per heavy atom. The van der Waals surface area contributed by atoms with Gasteiger partial charge >= 0.3 is 6.18 Å². The molecule has 1 aromatic heterocycles. The molecule has 0 aliphatic heterocycles. The van der Waals surface area contributed by atoms with E-state index in [9.17, 15) is 13.2 Å². The highest BCUT2D eigenvalue weighted by atomic mass is 19.4. The van der Waals surface area contributed by atoms with Gasteiger partial charge < -0.3 is 4.57 Å². The van der Waals surface area contributed by atoms with Gasteiger partial charge in [0.1, 0.15) is 5.82 Å². The summed E-state index contributed by atoms with van der Waals surface area (Å²) in [4.78, 5) is 3.93. The van der Waals surface area contributed by atoms with Gasteiger partial charge in [-0.25, -0.2) is 4.98 Å². The van der Waals surface area contributed by atoms with E-state index in [2.05, 4.69) is 4.98 Å². The van der Waals surface area contributed by atoms with E-state index in [1.807, 2.05) is 6.92 Å². The van der Waals surface area contributed by atoms with Gasteiger partial charge in [-0.3, -0.25) is 0 Å². The second-order valence-corrected chi connectivity index (χ2v) is 2.76. The molecule has 1 heterocycles. The zero-order chi connectivity index (χ0) is 9.90. The molecule has 0 aliphatic rings. The van der Waals surface area contributed by atoms with Crippen LogP contribution in [0.3, 0.4) is 0 Å². The first kappa shape index (κ1) is 10.1. The van der Waals surface area contributed by atoms with E-state index in [1.165, 1.54) is 10.8 Å². The van der Waals surface area contributed by atoms with Crippen LogP contribution in [-0.4, -0.2) is 15.7 Å². The maximum absolute atomic E-state index is 11.8. The van der Waals surface area contributed by atoms with Crippen LogP contribution < -0.4 is 0 Å². The number of alkyl halides is 3. The van der Waals surface area contributed by atoms with Gasteiger partial charge in [0, 0.05) is 25.4 Å². The van der Waals surface area contributed by atoms with Crippen LogP contribution in [0.25, 0.3) is 0 Å². The number of hydrogen-bond donors (Lipinski definition) is 0. The number of hydrogen-bond acceptors (Lipinski definition) is 1. The van der Waals surface area contributed by atoms with Crippen LogP contribution in [0.15, 0.2) is 12.4 Å². The third kappa shape index (κ3) is 3.08. The van der Waals surface area contributed by atoms with Crippen molar-refractivity contribution in [2.45, 2.75) is 32.5 Å². The van der Waals surface area contributed by atoms with Crippen molar-refractivity contribution in [2.24, 2.45) is 0 Å². The summed E-state index contributed by atoms with van der Waals surface area (Å²) in [5.41, 5.74) is 0. The van der Waals surface area contributed by atoms with Gasteiger partial charge in [-0.2, -0.15) is 13.2 Å². The van der Waals surface area contributed by atoms with Gasteiger partial charge in [0.25, 0.3) is 0 Å². The Bertz CT molecular complexity index is 265. The molecule has 5 heteroatoms. The van der Waals surface area contributed by atoms with Gasteiger partial charge in [-0.1, -0.05) is 6.92 Å². The number of rotatable bonds is 3. The molecule has 0 radical (unpaired) electrons. The third-order valence-electron chi connectivity index (χ3n) is 1.75. The average molecular weight is 192 g/mol. The number of halogens is 3. The first-order valence-electron chi connectivity index (χ1n) is 4.09. The Labute approximate surface area is 74.4 Å². The predicted molar refractivity (Wildman–Crippen MR) is 42.3 cm³/mol. The summed E-state index contributed by atoms with van der Waals surface area (Å²) in [6, 6.07) is 0. The molecule has 0 amide bonds. The van der Waals surface area contributed by atoms with E-state index in [0.717, 1.165) is 0 Å². The monoisotopic (exact) mass is 192 g/mol. The van der Waals surface area contributed by atoms with Crippen molar-refractivity contribution in [2.75, 3.05) is 0 Å². The number of nitrogens with zero attached hydrogens (tertiary/aromatic N) is 2. The highest BCUT2D eigenvalue weighted by molar-refractivity contribution is 4.91. The maximum Gasteiger partial charge on any atom is 0.390 e. The molecule has 74 valence electrons. The second-order valence-electron chi connectivity index (χ2n) is 2.76. The molecule has 1 rings (SSSR count). The van der Waals surface area contributed by atoms with E-state index in [4.69, 9.17) is 0 Å². The molecule has 0 saturated heterocycles. The Hall–Kier alpha value is -1.00. The summed E-state index contributed by atoms with van der Waals surface area (Å²) in [5.74, 6) is 0.698. The summed E-state index contributed by atoms with van der Waals surface area (Å²) >= 11 is 0. The molecule has 0 fully saturated rings. The van der Waals surface area contributed by atoms with Crippen LogP contribution in [-0.2, 0) is 13.0 Å². The molecule has 0 atom stereocenters. The summed E-state index contributed by atoms with van der Waals surface area (Å²) < 4.78 is 37.1. The highest BCUT2D eigenvalue weighted by Gasteiger charge is 2.26. The third-order valence-corrected chi connectivity index (χ3v) is 1.75. The minimum atomic E-state index is -4.09. The molecule has 0 bridgehead atoms. The molecular formula is C8H11F3N2. The van der Waals surface area contributed by atoms with E-state index >= 15 is 0 Å². The molecule has 2 nitrogen and oxygen atoms in total. The topological polar surface area (TPSA) is 17.8 Å². The molecule has 0 aliphatic carbocycles. The first-order valence-corrected chi connectivity index (χ1v) is 4.09. The van der Waals surface area contributed by atoms with Crippen molar-refractivity contribution in [3.05, 3.63) is 18.2 Å².